The number of aryl methyl sites for hydroxylation is 4. The molecule has 0 atom stereocenters. The van der Waals surface area contributed by atoms with E-state index in [1.807, 2.05) is 64.1 Å². The van der Waals surface area contributed by atoms with Crippen molar-refractivity contribution in [3.63, 3.8) is 0 Å². The normalized spacial score (nSPS) is 9.80. The zero-order valence-corrected chi connectivity index (χ0v) is 18.9. The van der Waals surface area contributed by atoms with Crippen LogP contribution in [0, 0.1) is 27.7 Å². The van der Waals surface area contributed by atoms with E-state index in [2.05, 4.69) is 24.3 Å². The predicted octanol–water partition coefficient (Wildman–Crippen LogP) is 6.00. The summed E-state index contributed by atoms with van der Waals surface area (Å²) in [6.07, 6.45) is 0. The van der Waals surface area contributed by atoms with Crippen LogP contribution >= 0.6 is 0 Å². The van der Waals surface area contributed by atoms with E-state index in [4.69, 9.17) is 9.47 Å². The Labute approximate surface area is 180 Å². The third-order valence-electron chi connectivity index (χ3n) is 4.52. The first-order chi connectivity index (χ1) is 14.3. The van der Waals surface area contributed by atoms with Crippen LogP contribution in [-0.4, -0.2) is 24.4 Å². The van der Waals surface area contributed by atoms with Crippen LogP contribution in [0.2, 0.25) is 0 Å². The molecule has 3 aromatic carbocycles. The Bertz CT molecular complexity index is 771. The van der Waals surface area contributed by atoms with E-state index in [1.54, 1.807) is 14.2 Å². The molecular formula is C26H34O4. The lowest BCUT2D eigenvalue weighted by Gasteiger charge is -2.01. The first kappa shape index (κ1) is 25.2. The highest BCUT2D eigenvalue weighted by molar-refractivity contribution is 5.38. The molecule has 0 saturated carbocycles. The fourth-order valence-electron chi connectivity index (χ4n) is 2.68. The average Bonchev–Trinajstić information content (AvgIpc) is 2.73. The van der Waals surface area contributed by atoms with Crippen LogP contribution in [0.25, 0.3) is 0 Å². The van der Waals surface area contributed by atoms with Gasteiger partial charge in [-0.05, 0) is 61.1 Å². The van der Waals surface area contributed by atoms with Crippen LogP contribution in [0.15, 0.2) is 60.7 Å². The van der Waals surface area contributed by atoms with Crippen molar-refractivity contribution in [2.45, 2.75) is 40.9 Å². The maximum Gasteiger partial charge on any atom is 0.121 e. The Hall–Kier alpha value is -2.82. The van der Waals surface area contributed by atoms with Crippen molar-refractivity contribution >= 4 is 0 Å². The molecule has 0 radical (unpaired) electrons. The fourth-order valence-corrected chi connectivity index (χ4v) is 2.68. The van der Waals surface area contributed by atoms with Crippen LogP contribution in [0.3, 0.4) is 0 Å². The number of phenolic OH excluding ortho intramolecular Hbond substituents is 2. The summed E-state index contributed by atoms with van der Waals surface area (Å²) in [6.45, 7) is 8.91. The van der Waals surface area contributed by atoms with E-state index in [0.717, 1.165) is 22.3 Å². The second-order valence-electron chi connectivity index (χ2n) is 7.16. The lowest BCUT2D eigenvalue weighted by atomic mass is 10.1. The van der Waals surface area contributed by atoms with Crippen molar-refractivity contribution in [3.05, 3.63) is 94.0 Å². The molecule has 0 aliphatic heterocycles. The van der Waals surface area contributed by atoms with Crippen molar-refractivity contribution in [3.8, 4) is 11.5 Å². The molecule has 0 heterocycles. The Balaban J connectivity index is 0.000000229. The van der Waals surface area contributed by atoms with E-state index in [-0.39, 0.29) is 0 Å². The molecule has 30 heavy (non-hydrogen) atoms. The standard InChI is InChI=1S/C10H14O2.2C8H10O/c1-11-7-9-3-5-10(6-4-9)8-12-2;2*1-6-4-3-5-7(2)8(6)9/h3-6H,7-8H2,1-2H3;2*3-5,9H,1-2H3. The van der Waals surface area contributed by atoms with E-state index < -0.39 is 0 Å². The van der Waals surface area contributed by atoms with E-state index in [9.17, 15) is 10.2 Å². The Morgan fingerprint density at radius 3 is 1.00 bits per heavy atom. The molecule has 0 spiro atoms. The highest BCUT2D eigenvalue weighted by Crippen LogP contribution is 2.20. The molecule has 0 bridgehead atoms. The van der Waals surface area contributed by atoms with E-state index >= 15 is 0 Å². The summed E-state index contributed by atoms with van der Waals surface area (Å²) in [6, 6.07) is 19.6. The highest BCUT2D eigenvalue weighted by atomic mass is 16.5. The summed E-state index contributed by atoms with van der Waals surface area (Å²) in [5, 5.41) is 18.4. The van der Waals surface area contributed by atoms with Gasteiger partial charge in [0.15, 0.2) is 0 Å². The first-order valence-corrected chi connectivity index (χ1v) is 9.86. The minimum Gasteiger partial charge on any atom is -0.507 e. The summed E-state index contributed by atoms with van der Waals surface area (Å²) in [5.74, 6) is 0.829. The average molecular weight is 411 g/mol. The van der Waals surface area contributed by atoms with Gasteiger partial charge >= 0.3 is 0 Å². The number of methoxy groups -OCH3 is 2. The molecule has 0 aliphatic carbocycles. The largest absolute Gasteiger partial charge is 0.507 e. The molecule has 0 saturated heterocycles. The summed E-state index contributed by atoms with van der Waals surface area (Å²) in [4.78, 5) is 0. The van der Waals surface area contributed by atoms with Gasteiger partial charge in [-0.25, -0.2) is 0 Å². The van der Waals surface area contributed by atoms with Gasteiger partial charge in [0, 0.05) is 14.2 Å². The number of rotatable bonds is 4. The molecular weight excluding hydrogens is 376 g/mol. The lowest BCUT2D eigenvalue weighted by molar-refractivity contribution is 0.182. The van der Waals surface area contributed by atoms with Crippen molar-refractivity contribution in [2.75, 3.05) is 14.2 Å². The monoisotopic (exact) mass is 410 g/mol. The molecule has 3 rings (SSSR count). The number of aromatic hydroxyl groups is 2. The van der Waals surface area contributed by atoms with Gasteiger partial charge in [-0.2, -0.15) is 0 Å². The third kappa shape index (κ3) is 8.68. The summed E-state index contributed by atoms with van der Waals surface area (Å²) >= 11 is 0. The smallest absolute Gasteiger partial charge is 0.121 e. The molecule has 4 heteroatoms. The second kappa shape index (κ2) is 13.4. The summed E-state index contributed by atoms with van der Waals surface area (Å²) in [7, 11) is 3.39. The van der Waals surface area contributed by atoms with Gasteiger partial charge in [-0.15, -0.1) is 0 Å². The highest BCUT2D eigenvalue weighted by Gasteiger charge is 1.96. The minimum atomic E-state index is 0.414. The number of phenols is 2. The maximum atomic E-state index is 9.21. The van der Waals surface area contributed by atoms with Crippen molar-refractivity contribution in [1.29, 1.82) is 0 Å². The lowest BCUT2D eigenvalue weighted by Crippen LogP contribution is -1.90. The molecule has 0 unspecified atom stereocenters. The molecule has 3 aromatic rings. The van der Waals surface area contributed by atoms with Crippen molar-refractivity contribution in [2.24, 2.45) is 0 Å². The minimum absolute atomic E-state index is 0.414. The first-order valence-electron chi connectivity index (χ1n) is 9.86. The molecule has 0 aromatic heterocycles. The summed E-state index contributed by atoms with van der Waals surface area (Å²) < 4.78 is 9.99. The predicted molar refractivity (Wildman–Crippen MR) is 123 cm³/mol. The number of hydrogen-bond acceptors (Lipinski definition) is 4. The van der Waals surface area contributed by atoms with Crippen LogP contribution in [0.1, 0.15) is 33.4 Å². The molecule has 4 nitrogen and oxygen atoms in total. The quantitative estimate of drug-likeness (QED) is 0.554. The van der Waals surface area contributed by atoms with Crippen LogP contribution in [0.5, 0.6) is 11.5 Å². The fraction of sp³-hybridized carbons (Fsp3) is 0.308. The maximum absolute atomic E-state index is 9.21. The van der Waals surface area contributed by atoms with Gasteiger partial charge in [-0.3, -0.25) is 0 Å². The SMILES string of the molecule is COCc1ccc(COC)cc1.Cc1cccc(C)c1O.Cc1cccc(C)c1O. The Morgan fingerprint density at radius 1 is 0.533 bits per heavy atom. The van der Waals surface area contributed by atoms with Gasteiger partial charge in [0.2, 0.25) is 0 Å². The van der Waals surface area contributed by atoms with Gasteiger partial charge in [0.05, 0.1) is 13.2 Å². The topological polar surface area (TPSA) is 58.9 Å². The third-order valence-corrected chi connectivity index (χ3v) is 4.52. The van der Waals surface area contributed by atoms with E-state index in [0.29, 0.717) is 24.7 Å². The van der Waals surface area contributed by atoms with Crippen LogP contribution < -0.4 is 0 Å². The van der Waals surface area contributed by atoms with Gasteiger partial charge in [0.1, 0.15) is 11.5 Å². The molecule has 0 aliphatic rings. The van der Waals surface area contributed by atoms with Crippen molar-refractivity contribution in [1.82, 2.24) is 0 Å². The van der Waals surface area contributed by atoms with Gasteiger partial charge in [-0.1, -0.05) is 60.7 Å². The number of hydrogen-bond donors (Lipinski definition) is 2. The van der Waals surface area contributed by atoms with Crippen LogP contribution in [0.4, 0.5) is 0 Å². The molecule has 2 N–H and O–H groups in total. The summed E-state index contributed by atoms with van der Waals surface area (Å²) in [5.41, 5.74) is 6.14. The Kier molecular flexibility index (Phi) is 11.3. The molecule has 162 valence electrons. The number of ether oxygens (including phenoxy) is 2. The number of para-hydroxylation sites is 2. The molecule has 0 fully saturated rings. The number of benzene rings is 3. The van der Waals surface area contributed by atoms with Crippen molar-refractivity contribution < 1.29 is 19.7 Å². The van der Waals surface area contributed by atoms with Gasteiger partial charge in [0.25, 0.3) is 0 Å². The van der Waals surface area contributed by atoms with Crippen LogP contribution in [-0.2, 0) is 22.7 Å². The second-order valence-corrected chi connectivity index (χ2v) is 7.16. The zero-order valence-electron chi connectivity index (χ0n) is 18.9. The molecule has 0 amide bonds. The van der Waals surface area contributed by atoms with E-state index in [1.165, 1.54) is 11.1 Å². The van der Waals surface area contributed by atoms with Gasteiger partial charge < -0.3 is 19.7 Å². The Morgan fingerprint density at radius 2 is 0.800 bits per heavy atom. The zero-order chi connectivity index (χ0) is 22.5.